The van der Waals surface area contributed by atoms with Gasteiger partial charge in [0.05, 0.1) is 16.9 Å². The molecular weight excluding hydrogens is 243 g/mol. The summed E-state index contributed by atoms with van der Waals surface area (Å²) in [6.07, 6.45) is 2.24. The maximum absolute atomic E-state index is 12.9. The van der Waals surface area contributed by atoms with Crippen LogP contribution in [0.15, 0.2) is 18.5 Å². The van der Waals surface area contributed by atoms with E-state index in [0.29, 0.717) is 5.52 Å². The van der Waals surface area contributed by atoms with Crippen molar-refractivity contribution in [1.29, 1.82) is 0 Å². The maximum Gasteiger partial charge on any atom is 0.435 e. The highest BCUT2D eigenvalue weighted by Gasteiger charge is 2.37. The molecule has 3 rings (SSSR count). The highest BCUT2D eigenvalue weighted by Crippen LogP contribution is 2.37. The summed E-state index contributed by atoms with van der Waals surface area (Å²) in [6, 6.07) is 1.70. The molecule has 0 aromatic carbocycles. The van der Waals surface area contributed by atoms with Crippen LogP contribution in [0, 0.1) is 0 Å². The van der Waals surface area contributed by atoms with Crippen LogP contribution >= 0.6 is 0 Å². The summed E-state index contributed by atoms with van der Waals surface area (Å²) < 4.78 is 40.3. The normalized spacial score (nSPS) is 17.7. The van der Waals surface area contributed by atoms with Gasteiger partial charge in [0, 0.05) is 12.4 Å². The summed E-state index contributed by atoms with van der Waals surface area (Å²) in [7, 11) is 0. The largest absolute Gasteiger partial charge is 0.435 e. The number of aromatic nitrogens is 3. The van der Waals surface area contributed by atoms with E-state index in [1.807, 2.05) is 0 Å². The van der Waals surface area contributed by atoms with E-state index in [1.54, 1.807) is 6.07 Å². The van der Waals surface area contributed by atoms with Gasteiger partial charge in [0.15, 0.2) is 5.69 Å². The molecule has 1 saturated carbocycles. The standard InChI is InChI=1S/C12H12F3N3/c13-12(14,15)11-9-7-16-6-5-10(9)18(17-11)8-3-1-2-4-8/h5-8H,1-4H2. The van der Waals surface area contributed by atoms with Crippen LogP contribution in [0.2, 0.25) is 0 Å². The van der Waals surface area contributed by atoms with E-state index in [2.05, 4.69) is 10.1 Å². The molecule has 0 bridgehead atoms. The van der Waals surface area contributed by atoms with Crippen LogP contribution in [0.3, 0.4) is 0 Å². The minimum absolute atomic E-state index is 0.0889. The summed E-state index contributed by atoms with van der Waals surface area (Å²) in [6.45, 7) is 0. The van der Waals surface area contributed by atoms with E-state index < -0.39 is 11.9 Å². The molecule has 18 heavy (non-hydrogen) atoms. The Bertz CT molecular complexity index is 567. The second-order valence-electron chi connectivity index (χ2n) is 4.62. The van der Waals surface area contributed by atoms with Crippen LogP contribution in [0.25, 0.3) is 10.9 Å². The van der Waals surface area contributed by atoms with Gasteiger partial charge < -0.3 is 0 Å². The number of fused-ring (bicyclic) bond motifs is 1. The smallest absolute Gasteiger partial charge is 0.264 e. The molecule has 0 saturated heterocycles. The lowest BCUT2D eigenvalue weighted by Crippen LogP contribution is -2.10. The molecule has 0 aliphatic heterocycles. The highest BCUT2D eigenvalue weighted by atomic mass is 19.4. The summed E-state index contributed by atoms with van der Waals surface area (Å²) >= 11 is 0. The van der Waals surface area contributed by atoms with Crippen molar-refractivity contribution < 1.29 is 13.2 Å². The van der Waals surface area contributed by atoms with Gasteiger partial charge in [-0.05, 0) is 18.9 Å². The van der Waals surface area contributed by atoms with Crippen LogP contribution in [0.5, 0.6) is 0 Å². The van der Waals surface area contributed by atoms with Gasteiger partial charge >= 0.3 is 6.18 Å². The van der Waals surface area contributed by atoms with Gasteiger partial charge in [0.2, 0.25) is 0 Å². The van der Waals surface area contributed by atoms with Gasteiger partial charge in [-0.25, -0.2) is 0 Å². The fourth-order valence-corrected chi connectivity index (χ4v) is 2.62. The lowest BCUT2D eigenvalue weighted by atomic mass is 10.2. The third kappa shape index (κ3) is 1.76. The second kappa shape index (κ2) is 3.96. The zero-order valence-corrected chi connectivity index (χ0v) is 9.61. The van der Waals surface area contributed by atoms with E-state index in [0.717, 1.165) is 25.7 Å². The molecule has 0 N–H and O–H groups in total. The molecule has 3 nitrogen and oxygen atoms in total. The van der Waals surface area contributed by atoms with Crippen molar-refractivity contribution >= 4 is 10.9 Å². The lowest BCUT2D eigenvalue weighted by molar-refractivity contribution is -0.140. The fraction of sp³-hybridized carbons (Fsp3) is 0.500. The van der Waals surface area contributed by atoms with Crippen LogP contribution in [0.4, 0.5) is 13.2 Å². The van der Waals surface area contributed by atoms with Gasteiger partial charge in [0.25, 0.3) is 0 Å². The minimum atomic E-state index is -4.43. The molecule has 1 aliphatic carbocycles. The first-order valence-corrected chi connectivity index (χ1v) is 5.97. The molecule has 6 heteroatoms. The van der Waals surface area contributed by atoms with Gasteiger partial charge in [-0.3, -0.25) is 9.67 Å². The quantitative estimate of drug-likeness (QED) is 0.780. The number of nitrogens with zero attached hydrogens (tertiary/aromatic N) is 3. The predicted molar refractivity (Wildman–Crippen MR) is 60.0 cm³/mol. The molecule has 2 aromatic heterocycles. The van der Waals surface area contributed by atoms with E-state index >= 15 is 0 Å². The van der Waals surface area contributed by atoms with Crippen molar-refractivity contribution in [1.82, 2.24) is 14.8 Å². The first kappa shape index (κ1) is 11.5. The lowest BCUT2D eigenvalue weighted by Gasteiger charge is -2.10. The van der Waals surface area contributed by atoms with Gasteiger partial charge in [-0.2, -0.15) is 18.3 Å². The topological polar surface area (TPSA) is 30.7 Å². The summed E-state index contributed by atoms with van der Waals surface area (Å²) in [5.41, 5.74) is -0.290. The Morgan fingerprint density at radius 1 is 1.22 bits per heavy atom. The minimum Gasteiger partial charge on any atom is -0.264 e. The molecule has 0 unspecified atom stereocenters. The molecule has 1 fully saturated rings. The van der Waals surface area contributed by atoms with Crippen LogP contribution < -0.4 is 0 Å². The molecule has 2 aromatic rings. The van der Waals surface area contributed by atoms with Crippen molar-refractivity contribution in [3.8, 4) is 0 Å². The molecule has 0 atom stereocenters. The first-order chi connectivity index (χ1) is 8.57. The Hall–Kier alpha value is -1.59. The van der Waals surface area contributed by atoms with Crippen LogP contribution in [-0.4, -0.2) is 14.8 Å². The monoisotopic (exact) mass is 255 g/mol. The SMILES string of the molecule is FC(F)(F)c1nn(C2CCCC2)c2ccncc12. The van der Waals surface area contributed by atoms with Crippen molar-refractivity contribution in [2.45, 2.75) is 37.9 Å². The van der Waals surface area contributed by atoms with Crippen LogP contribution in [-0.2, 0) is 6.18 Å². The Morgan fingerprint density at radius 2 is 1.94 bits per heavy atom. The number of hydrogen-bond donors (Lipinski definition) is 0. The summed E-state index contributed by atoms with van der Waals surface area (Å²) in [4.78, 5) is 3.77. The van der Waals surface area contributed by atoms with Crippen molar-refractivity contribution in [2.75, 3.05) is 0 Å². The van der Waals surface area contributed by atoms with Crippen molar-refractivity contribution in [3.05, 3.63) is 24.2 Å². The van der Waals surface area contributed by atoms with E-state index in [-0.39, 0.29) is 11.4 Å². The molecule has 0 spiro atoms. The number of rotatable bonds is 1. The second-order valence-corrected chi connectivity index (χ2v) is 4.62. The molecule has 0 radical (unpaired) electrons. The van der Waals surface area contributed by atoms with Crippen molar-refractivity contribution in [3.63, 3.8) is 0 Å². The Kier molecular flexibility index (Phi) is 2.53. The Morgan fingerprint density at radius 3 is 2.61 bits per heavy atom. The zero-order chi connectivity index (χ0) is 12.8. The molecule has 0 amide bonds. The van der Waals surface area contributed by atoms with E-state index in [9.17, 15) is 13.2 Å². The Labute approximate surface area is 102 Å². The van der Waals surface area contributed by atoms with Crippen LogP contribution in [0.1, 0.15) is 37.4 Å². The highest BCUT2D eigenvalue weighted by molar-refractivity contribution is 5.81. The number of alkyl halides is 3. The first-order valence-electron chi connectivity index (χ1n) is 5.97. The Balaban J connectivity index is 2.20. The van der Waals surface area contributed by atoms with Crippen molar-refractivity contribution in [2.24, 2.45) is 0 Å². The van der Waals surface area contributed by atoms with Gasteiger partial charge in [-0.1, -0.05) is 12.8 Å². The number of halogens is 3. The third-order valence-electron chi connectivity index (χ3n) is 3.45. The average molecular weight is 255 g/mol. The molecular formula is C12H12F3N3. The molecule has 1 aliphatic rings. The average Bonchev–Trinajstić information content (AvgIpc) is 2.94. The van der Waals surface area contributed by atoms with E-state index in [4.69, 9.17) is 0 Å². The fourth-order valence-electron chi connectivity index (χ4n) is 2.62. The predicted octanol–water partition coefficient (Wildman–Crippen LogP) is 3.57. The third-order valence-corrected chi connectivity index (χ3v) is 3.45. The molecule has 2 heterocycles. The maximum atomic E-state index is 12.9. The van der Waals surface area contributed by atoms with Gasteiger partial charge in [0.1, 0.15) is 0 Å². The summed E-state index contributed by atoms with van der Waals surface area (Å²) in [5.74, 6) is 0. The summed E-state index contributed by atoms with van der Waals surface area (Å²) in [5, 5.41) is 3.89. The van der Waals surface area contributed by atoms with Gasteiger partial charge in [-0.15, -0.1) is 0 Å². The van der Waals surface area contributed by atoms with E-state index in [1.165, 1.54) is 17.1 Å². The number of pyridine rings is 1. The zero-order valence-electron chi connectivity index (χ0n) is 9.61. The molecule has 96 valence electrons. The number of hydrogen-bond acceptors (Lipinski definition) is 2.